The SMILES string of the molecule is C=C(CC1CC(C)(C)NC(C)(C)C1)C(C)(C)CCC(C)(C)C(=C)CC1CC(C)(C)NC(C)(C)C1. The molecule has 2 aliphatic rings. The van der Waals surface area contributed by atoms with Crippen LogP contribution < -0.4 is 10.6 Å². The molecular formula is C32H60N2. The van der Waals surface area contributed by atoms with Gasteiger partial charge in [0, 0.05) is 22.2 Å². The first kappa shape index (κ1) is 29.6. The molecule has 0 saturated carbocycles. The van der Waals surface area contributed by atoms with E-state index in [1.54, 1.807) is 0 Å². The summed E-state index contributed by atoms with van der Waals surface area (Å²) in [6, 6.07) is 0. The Hall–Kier alpha value is -0.600. The van der Waals surface area contributed by atoms with Crippen molar-refractivity contribution in [1.82, 2.24) is 10.6 Å². The predicted molar refractivity (Wildman–Crippen MR) is 152 cm³/mol. The molecule has 0 aromatic carbocycles. The molecule has 0 spiro atoms. The Bertz CT molecular complexity index is 651. The Balaban J connectivity index is 1.95. The zero-order valence-corrected chi connectivity index (χ0v) is 25.2. The molecule has 0 aromatic heterocycles. The summed E-state index contributed by atoms with van der Waals surface area (Å²) in [5.74, 6) is 1.43. The Morgan fingerprint density at radius 3 is 1.06 bits per heavy atom. The van der Waals surface area contributed by atoms with Gasteiger partial charge in [0.05, 0.1) is 0 Å². The molecule has 0 amide bonds. The molecule has 198 valence electrons. The lowest BCUT2D eigenvalue weighted by atomic mass is 9.66. The first-order chi connectivity index (χ1) is 15.0. The first-order valence-electron chi connectivity index (χ1n) is 14.0. The highest BCUT2D eigenvalue weighted by atomic mass is 15.1. The lowest BCUT2D eigenvalue weighted by molar-refractivity contribution is 0.122. The monoisotopic (exact) mass is 472 g/mol. The van der Waals surface area contributed by atoms with Crippen LogP contribution in [0.1, 0.15) is 134 Å². The van der Waals surface area contributed by atoms with Crippen molar-refractivity contribution in [3.05, 3.63) is 24.3 Å². The van der Waals surface area contributed by atoms with Gasteiger partial charge in [-0.2, -0.15) is 0 Å². The van der Waals surface area contributed by atoms with Crippen molar-refractivity contribution in [3.63, 3.8) is 0 Å². The van der Waals surface area contributed by atoms with Crippen molar-refractivity contribution in [2.75, 3.05) is 0 Å². The third-order valence-corrected chi connectivity index (χ3v) is 8.91. The fraction of sp³-hybridized carbons (Fsp3) is 0.875. The van der Waals surface area contributed by atoms with Crippen LogP contribution in [0.4, 0.5) is 0 Å². The second kappa shape index (κ2) is 9.70. The lowest BCUT2D eigenvalue weighted by Gasteiger charge is -2.48. The van der Waals surface area contributed by atoms with E-state index in [1.807, 2.05) is 0 Å². The minimum atomic E-state index is 0.162. The summed E-state index contributed by atoms with van der Waals surface area (Å²) in [6.07, 6.45) is 9.60. The predicted octanol–water partition coefficient (Wildman–Crippen LogP) is 8.83. The number of allylic oxidation sites excluding steroid dienone is 2. The number of hydrogen-bond acceptors (Lipinski definition) is 2. The smallest absolute Gasteiger partial charge is 0.0132 e. The molecule has 0 radical (unpaired) electrons. The van der Waals surface area contributed by atoms with Gasteiger partial charge >= 0.3 is 0 Å². The molecule has 2 aliphatic heterocycles. The summed E-state index contributed by atoms with van der Waals surface area (Å²) in [5, 5.41) is 7.66. The summed E-state index contributed by atoms with van der Waals surface area (Å²) < 4.78 is 0. The zero-order valence-electron chi connectivity index (χ0n) is 25.2. The van der Waals surface area contributed by atoms with Crippen LogP contribution in [-0.4, -0.2) is 22.2 Å². The quantitative estimate of drug-likeness (QED) is 0.327. The molecule has 2 saturated heterocycles. The standard InChI is InChI=1S/C32H60N2/c1-23(17-25-19-29(7,8)33-30(9,10)20-25)27(3,4)15-16-28(5,6)24(2)18-26-21-31(11,12)34-32(13,14)22-26/h25-26,33-34H,1-2,15-22H2,3-14H3. The Kier molecular flexibility index (Phi) is 8.45. The van der Waals surface area contributed by atoms with Gasteiger partial charge in [-0.1, -0.05) is 52.0 Å². The topological polar surface area (TPSA) is 24.1 Å². The second-order valence-corrected chi connectivity index (χ2v) is 16.2. The van der Waals surface area contributed by atoms with Gasteiger partial charge in [0.2, 0.25) is 0 Å². The van der Waals surface area contributed by atoms with E-state index in [2.05, 4.69) is 107 Å². The molecule has 0 atom stereocenters. The fourth-order valence-corrected chi connectivity index (χ4v) is 7.58. The highest BCUT2D eigenvalue weighted by Gasteiger charge is 2.40. The molecule has 0 unspecified atom stereocenters. The van der Waals surface area contributed by atoms with E-state index in [-0.39, 0.29) is 33.0 Å². The Morgan fingerprint density at radius 2 is 0.824 bits per heavy atom. The van der Waals surface area contributed by atoms with Crippen molar-refractivity contribution in [2.24, 2.45) is 22.7 Å². The lowest BCUT2D eigenvalue weighted by Crippen LogP contribution is -2.57. The molecule has 2 fully saturated rings. The van der Waals surface area contributed by atoms with Crippen LogP contribution in [0.15, 0.2) is 24.3 Å². The van der Waals surface area contributed by atoms with Crippen molar-refractivity contribution < 1.29 is 0 Å². The second-order valence-electron chi connectivity index (χ2n) is 16.2. The third kappa shape index (κ3) is 8.51. The van der Waals surface area contributed by atoms with Gasteiger partial charge in [0.15, 0.2) is 0 Å². The van der Waals surface area contributed by atoms with Crippen molar-refractivity contribution in [2.45, 2.75) is 157 Å². The number of rotatable bonds is 9. The first-order valence-corrected chi connectivity index (χ1v) is 14.0. The van der Waals surface area contributed by atoms with Crippen LogP contribution in [0.5, 0.6) is 0 Å². The molecule has 2 rings (SSSR count). The molecular weight excluding hydrogens is 412 g/mol. The van der Waals surface area contributed by atoms with E-state index in [4.69, 9.17) is 0 Å². The summed E-state index contributed by atoms with van der Waals surface area (Å²) in [6.45, 7) is 37.8. The minimum Gasteiger partial charge on any atom is -0.307 e. The van der Waals surface area contributed by atoms with Gasteiger partial charge in [-0.15, -0.1) is 0 Å². The Morgan fingerprint density at radius 1 is 0.588 bits per heavy atom. The van der Waals surface area contributed by atoms with Crippen LogP contribution in [0.3, 0.4) is 0 Å². The molecule has 0 aliphatic carbocycles. The normalized spacial score (nSPS) is 25.2. The maximum absolute atomic E-state index is 4.64. The molecule has 0 bridgehead atoms. The molecule has 2 nitrogen and oxygen atoms in total. The van der Waals surface area contributed by atoms with Gasteiger partial charge in [0.1, 0.15) is 0 Å². The minimum absolute atomic E-state index is 0.162. The molecule has 34 heavy (non-hydrogen) atoms. The summed E-state index contributed by atoms with van der Waals surface area (Å²) in [5.41, 5.74) is 4.01. The van der Waals surface area contributed by atoms with Gasteiger partial charge in [-0.25, -0.2) is 0 Å². The number of hydrogen-bond donors (Lipinski definition) is 2. The van der Waals surface area contributed by atoms with E-state index < -0.39 is 0 Å². The van der Waals surface area contributed by atoms with Gasteiger partial charge in [-0.05, 0) is 129 Å². The van der Waals surface area contributed by atoms with Crippen LogP contribution >= 0.6 is 0 Å². The fourth-order valence-electron chi connectivity index (χ4n) is 7.58. The van der Waals surface area contributed by atoms with Gasteiger partial charge in [-0.3, -0.25) is 0 Å². The van der Waals surface area contributed by atoms with E-state index in [0.717, 1.165) is 12.8 Å². The summed E-state index contributed by atoms with van der Waals surface area (Å²) in [7, 11) is 0. The molecule has 2 N–H and O–H groups in total. The van der Waals surface area contributed by atoms with Crippen LogP contribution in [0, 0.1) is 22.7 Å². The zero-order chi connectivity index (χ0) is 26.4. The highest BCUT2D eigenvalue weighted by Crippen LogP contribution is 2.45. The number of piperidine rings is 2. The maximum Gasteiger partial charge on any atom is 0.0132 e. The van der Waals surface area contributed by atoms with Crippen molar-refractivity contribution in [3.8, 4) is 0 Å². The average Bonchev–Trinajstić information content (AvgIpc) is 2.54. The van der Waals surface area contributed by atoms with E-state index in [0.29, 0.717) is 11.8 Å². The molecule has 2 heteroatoms. The largest absolute Gasteiger partial charge is 0.307 e. The average molecular weight is 473 g/mol. The molecule has 2 heterocycles. The number of nitrogens with one attached hydrogen (secondary N) is 2. The van der Waals surface area contributed by atoms with Crippen LogP contribution in [0.25, 0.3) is 0 Å². The van der Waals surface area contributed by atoms with Crippen LogP contribution in [-0.2, 0) is 0 Å². The van der Waals surface area contributed by atoms with Crippen molar-refractivity contribution >= 4 is 0 Å². The van der Waals surface area contributed by atoms with E-state index in [1.165, 1.54) is 49.7 Å². The van der Waals surface area contributed by atoms with Gasteiger partial charge < -0.3 is 10.6 Å². The summed E-state index contributed by atoms with van der Waals surface area (Å²) in [4.78, 5) is 0. The van der Waals surface area contributed by atoms with Gasteiger partial charge in [0.25, 0.3) is 0 Å². The third-order valence-electron chi connectivity index (χ3n) is 8.91. The summed E-state index contributed by atoms with van der Waals surface area (Å²) >= 11 is 0. The Labute approximate surface area is 214 Å². The van der Waals surface area contributed by atoms with Crippen LogP contribution in [0.2, 0.25) is 0 Å². The molecule has 0 aromatic rings. The van der Waals surface area contributed by atoms with Crippen molar-refractivity contribution in [1.29, 1.82) is 0 Å². The maximum atomic E-state index is 4.64. The van der Waals surface area contributed by atoms with E-state index >= 15 is 0 Å². The highest BCUT2D eigenvalue weighted by molar-refractivity contribution is 5.14. The van der Waals surface area contributed by atoms with E-state index in [9.17, 15) is 0 Å².